The van der Waals surface area contributed by atoms with Gasteiger partial charge >= 0.3 is 0 Å². The molecule has 0 heterocycles. The summed E-state index contributed by atoms with van der Waals surface area (Å²) in [5.74, 6) is 0. The summed E-state index contributed by atoms with van der Waals surface area (Å²) in [5, 5.41) is 11.9. The normalized spacial score (nSPS) is 14.5. The molecule has 13 heavy (non-hydrogen) atoms. The molecule has 0 aromatic rings. The quantitative estimate of drug-likeness (QED) is 0.591. The minimum absolute atomic E-state index is 0.0639. The second-order valence-electron chi connectivity index (χ2n) is 4.10. The predicted octanol–water partition coefficient (Wildman–Crippen LogP) is 1.16. The van der Waals surface area contributed by atoms with Gasteiger partial charge in [0.15, 0.2) is 0 Å². The maximum absolute atomic E-state index is 8.59. The van der Waals surface area contributed by atoms with Crippen LogP contribution in [0.1, 0.15) is 33.6 Å². The SMILES string of the molecule is COC(C)(C)C[C@H](C)NCCCO. The van der Waals surface area contributed by atoms with E-state index in [1.165, 1.54) is 0 Å². The number of methoxy groups -OCH3 is 1. The van der Waals surface area contributed by atoms with Crippen LogP contribution in [0.5, 0.6) is 0 Å². The summed E-state index contributed by atoms with van der Waals surface area (Å²) in [7, 11) is 1.74. The van der Waals surface area contributed by atoms with Gasteiger partial charge in [0.2, 0.25) is 0 Å². The van der Waals surface area contributed by atoms with Crippen molar-refractivity contribution in [2.45, 2.75) is 45.3 Å². The van der Waals surface area contributed by atoms with Crippen LogP contribution in [0.15, 0.2) is 0 Å². The molecule has 0 aromatic heterocycles. The van der Waals surface area contributed by atoms with E-state index in [1.54, 1.807) is 7.11 Å². The van der Waals surface area contributed by atoms with Crippen molar-refractivity contribution >= 4 is 0 Å². The van der Waals surface area contributed by atoms with Gasteiger partial charge in [-0.15, -0.1) is 0 Å². The van der Waals surface area contributed by atoms with E-state index < -0.39 is 0 Å². The Bertz CT molecular complexity index is 126. The lowest BCUT2D eigenvalue weighted by Crippen LogP contribution is -2.36. The summed E-state index contributed by atoms with van der Waals surface area (Å²) >= 11 is 0. The molecule has 0 radical (unpaired) electrons. The highest BCUT2D eigenvalue weighted by Crippen LogP contribution is 2.14. The predicted molar refractivity (Wildman–Crippen MR) is 54.9 cm³/mol. The molecule has 0 fully saturated rings. The molecule has 0 aliphatic carbocycles. The first kappa shape index (κ1) is 12.9. The number of ether oxygens (including phenoxy) is 1. The monoisotopic (exact) mass is 189 g/mol. The first-order chi connectivity index (χ1) is 6.02. The third-order valence-corrected chi connectivity index (χ3v) is 2.18. The van der Waals surface area contributed by atoms with E-state index in [4.69, 9.17) is 9.84 Å². The highest BCUT2D eigenvalue weighted by Gasteiger charge is 2.19. The molecule has 0 aliphatic heterocycles. The van der Waals surface area contributed by atoms with Crippen molar-refractivity contribution in [1.29, 1.82) is 0 Å². The Hall–Kier alpha value is -0.120. The number of nitrogens with one attached hydrogen (secondary N) is 1. The van der Waals surface area contributed by atoms with Crippen molar-refractivity contribution in [3.05, 3.63) is 0 Å². The lowest BCUT2D eigenvalue weighted by Gasteiger charge is -2.27. The highest BCUT2D eigenvalue weighted by molar-refractivity contribution is 4.75. The molecular weight excluding hydrogens is 166 g/mol. The summed E-state index contributed by atoms with van der Waals surface area (Å²) in [4.78, 5) is 0. The molecule has 80 valence electrons. The number of rotatable bonds is 7. The van der Waals surface area contributed by atoms with Crippen molar-refractivity contribution < 1.29 is 9.84 Å². The molecule has 0 amide bonds. The van der Waals surface area contributed by atoms with E-state index in [2.05, 4.69) is 26.1 Å². The molecule has 0 aromatic carbocycles. The second-order valence-corrected chi connectivity index (χ2v) is 4.10. The van der Waals surface area contributed by atoms with E-state index in [1.807, 2.05) is 0 Å². The zero-order chi connectivity index (χ0) is 10.3. The molecule has 0 aliphatic rings. The van der Waals surface area contributed by atoms with E-state index in [9.17, 15) is 0 Å². The maximum atomic E-state index is 8.59. The Balaban J connectivity index is 3.55. The van der Waals surface area contributed by atoms with Crippen LogP contribution in [0.25, 0.3) is 0 Å². The molecule has 0 saturated heterocycles. The maximum Gasteiger partial charge on any atom is 0.0637 e. The standard InChI is InChI=1S/C10H23NO2/c1-9(11-6-5-7-12)8-10(2,3)13-4/h9,11-12H,5-8H2,1-4H3/t9-/m0/s1. The smallest absolute Gasteiger partial charge is 0.0637 e. The van der Waals surface area contributed by atoms with E-state index in [0.29, 0.717) is 6.04 Å². The van der Waals surface area contributed by atoms with Gasteiger partial charge in [-0.2, -0.15) is 0 Å². The average molecular weight is 189 g/mol. The van der Waals surface area contributed by atoms with Crippen LogP contribution < -0.4 is 5.32 Å². The van der Waals surface area contributed by atoms with Gasteiger partial charge in [0.1, 0.15) is 0 Å². The van der Waals surface area contributed by atoms with Crippen LogP contribution in [0.4, 0.5) is 0 Å². The van der Waals surface area contributed by atoms with Gasteiger partial charge in [0.25, 0.3) is 0 Å². The van der Waals surface area contributed by atoms with Gasteiger partial charge in [0.05, 0.1) is 5.60 Å². The van der Waals surface area contributed by atoms with Gasteiger partial charge in [0, 0.05) is 19.8 Å². The molecule has 0 unspecified atom stereocenters. The second kappa shape index (κ2) is 6.35. The third kappa shape index (κ3) is 6.99. The molecule has 3 nitrogen and oxygen atoms in total. The molecule has 0 spiro atoms. The minimum atomic E-state index is -0.0639. The zero-order valence-corrected chi connectivity index (χ0v) is 9.26. The van der Waals surface area contributed by atoms with Gasteiger partial charge < -0.3 is 15.2 Å². The molecular formula is C10H23NO2. The molecule has 0 saturated carbocycles. The fourth-order valence-corrected chi connectivity index (χ4v) is 1.32. The Labute approximate surface area is 81.5 Å². The van der Waals surface area contributed by atoms with Crippen LogP contribution in [-0.2, 0) is 4.74 Å². The average Bonchev–Trinajstić information content (AvgIpc) is 2.04. The summed E-state index contributed by atoms with van der Waals surface area (Å²) in [5.41, 5.74) is -0.0639. The fraction of sp³-hybridized carbons (Fsp3) is 1.00. The molecule has 3 heteroatoms. The van der Waals surface area contributed by atoms with Crippen molar-refractivity contribution in [1.82, 2.24) is 5.32 Å². The lowest BCUT2D eigenvalue weighted by atomic mass is 10.00. The van der Waals surface area contributed by atoms with Gasteiger partial charge in [-0.3, -0.25) is 0 Å². The minimum Gasteiger partial charge on any atom is -0.396 e. The van der Waals surface area contributed by atoms with Gasteiger partial charge in [-0.25, -0.2) is 0 Å². The third-order valence-electron chi connectivity index (χ3n) is 2.18. The van der Waals surface area contributed by atoms with Crippen LogP contribution in [0.3, 0.4) is 0 Å². The van der Waals surface area contributed by atoms with Gasteiger partial charge in [-0.05, 0) is 40.2 Å². The highest BCUT2D eigenvalue weighted by atomic mass is 16.5. The topological polar surface area (TPSA) is 41.5 Å². The number of aliphatic hydroxyl groups is 1. The molecule has 0 bridgehead atoms. The Morgan fingerprint density at radius 3 is 2.54 bits per heavy atom. The van der Waals surface area contributed by atoms with Crippen LogP contribution in [0.2, 0.25) is 0 Å². The van der Waals surface area contributed by atoms with Crippen LogP contribution >= 0.6 is 0 Å². The Morgan fingerprint density at radius 2 is 2.08 bits per heavy atom. The number of hydrogen-bond acceptors (Lipinski definition) is 3. The largest absolute Gasteiger partial charge is 0.396 e. The van der Waals surface area contributed by atoms with Crippen molar-refractivity contribution in [3.63, 3.8) is 0 Å². The van der Waals surface area contributed by atoms with Crippen molar-refractivity contribution in [3.8, 4) is 0 Å². The Kier molecular flexibility index (Phi) is 6.29. The summed E-state index contributed by atoms with van der Waals surface area (Å²) < 4.78 is 5.33. The molecule has 2 N–H and O–H groups in total. The van der Waals surface area contributed by atoms with E-state index in [0.717, 1.165) is 19.4 Å². The lowest BCUT2D eigenvalue weighted by molar-refractivity contribution is 0.00854. The van der Waals surface area contributed by atoms with Gasteiger partial charge in [-0.1, -0.05) is 0 Å². The number of aliphatic hydroxyl groups excluding tert-OH is 1. The van der Waals surface area contributed by atoms with E-state index in [-0.39, 0.29) is 12.2 Å². The van der Waals surface area contributed by atoms with Crippen LogP contribution in [-0.4, -0.2) is 37.0 Å². The Morgan fingerprint density at radius 1 is 1.46 bits per heavy atom. The van der Waals surface area contributed by atoms with Crippen molar-refractivity contribution in [2.24, 2.45) is 0 Å². The summed E-state index contributed by atoms with van der Waals surface area (Å²) in [6.45, 7) is 7.43. The molecule has 0 rings (SSSR count). The molecule has 1 atom stereocenters. The first-order valence-electron chi connectivity index (χ1n) is 4.91. The van der Waals surface area contributed by atoms with E-state index >= 15 is 0 Å². The zero-order valence-electron chi connectivity index (χ0n) is 9.26. The number of hydrogen-bond donors (Lipinski definition) is 2. The summed E-state index contributed by atoms with van der Waals surface area (Å²) in [6, 6.07) is 0.432. The summed E-state index contributed by atoms with van der Waals surface area (Å²) in [6.07, 6.45) is 1.80. The van der Waals surface area contributed by atoms with Crippen molar-refractivity contribution in [2.75, 3.05) is 20.3 Å². The van der Waals surface area contributed by atoms with Crippen LogP contribution in [0, 0.1) is 0 Å². The fourth-order valence-electron chi connectivity index (χ4n) is 1.32. The first-order valence-corrected chi connectivity index (χ1v) is 4.91.